The summed E-state index contributed by atoms with van der Waals surface area (Å²) in [4.78, 5) is 44.3. The fourth-order valence-corrected chi connectivity index (χ4v) is 5.23. The van der Waals surface area contributed by atoms with Crippen LogP contribution in [0.1, 0.15) is 79.4 Å². The van der Waals surface area contributed by atoms with Crippen molar-refractivity contribution in [1.82, 2.24) is 4.90 Å². The highest BCUT2D eigenvalue weighted by molar-refractivity contribution is 5.92. The van der Waals surface area contributed by atoms with Crippen LogP contribution in [0.4, 0.5) is 0 Å². The van der Waals surface area contributed by atoms with E-state index in [-0.39, 0.29) is 17.7 Å². The fraction of sp³-hybridized carbons (Fsp3) is 0.381. The van der Waals surface area contributed by atoms with E-state index in [4.69, 9.17) is 28.7 Å². The Balaban J connectivity index is 0.000000374. The molecule has 0 aliphatic heterocycles. The standard InChI is InChI=1S/C14H22N2O3.C13H13NO.C9H11NO.C6H14N2O/c1-10(17)7-16(8-11(2)18)9-12-4-3-5-13(6-12)14(15)19;14-13(15)8-6-10-5-7-11-3-1-2-4-12(11)9-10;10-9(11)7-6-8-4-2-1-3-5-8;7-5-3-1-2-4-6(8)9/h3-6,10-11,17-18H,7-9H2,1-2H3,(H2,15,19);1-5,7,9H,6,8H2,(H2,14,15);1-5H,6-7H2,(H2,10,11);1-5,7H2,(H2,8,9). The van der Waals surface area contributed by atoms with Gasteiger partial charge in [0.2, 0.25) is 23.6 Å². The third kappa shape index (κ3) is 23.4. The number of benzene rings is 4. The lowest BCUT2D eigenvalue weighted by atomic mass is 10.0. The molecule has 12 heteroatoms. The molecule has 4 rings (SSSR count). The Bertz CT molecular complexity index is 1670. The molecule has 0 saturated heterocycles. The van der Waals surface area contributed by atoms with Crippen LogP contribution in [-0.2, 0) is 33.8 Å². The van der Waals surface area contributed by atoms with E-state index in [1.54, 1.807) is 32.0 Å². The lowest BCUT2D eigenvalue weighted by Gasteiger charge is -2.25. The van der Waals surface area contributed by atoms with Crippen LogP contribution >= 0.6 is 0 Å². The fourth-order valence-electron chi connectivity index (χ4n) is 5.23. The lowest BCUT2D eigenvalue weighted by Crippen LogP contribution is -2.35. The molecule has 0 bridgehead atoms. The number of rotatable bonds is 18. The van der Waals surface area contributed by atoms with Crippen LogP contribution in [0.25, 0.3) is 10.8 Å². The van der Waals surface area contributed by atoms with E-state index in [0.717, 1.165) is 48.8 Å². The average molecular weight is 745 g/mol. The Morgan fingerprint density at radius 3 is 1.65 bits per heavy atom. The molecule has 0 saturated carbocycles. The van der Waals surface area contributed by atoms with E-state index in [2.05, 4.69) is 24.3 Å². The molecule has 4 aromatic carbocycles. The van der Waals surface area contributed by atoms with Gasteiger partial charge in [-0.15, -0.1) is 0 Å². The van der Waals surface area contributed by atoms with Crippen molar-refractivity contribution >= 4 is 34.4 Å². The smallest absolute Gasteiger partial charge is 0.248 e. The van der Waals surface area contributed by atoms with Gasteiger partial charge in [0.15, 0.2) is 0 Å². The lowest BCUT2D eigenvalue weighted by molar-refractivity contribution is -0.118. The van der Waals surface area contributed by atoms with E-state index in [1.807, 2.05) is 59.5 Å². The van der Waals surface area contributed by atoms with E-state index >= 15 is 0 Å². The van der Waals surface area contributed by atoms with Gasteiger partial charge in [-0.25, -0.2) is 0 Å². The average Bonchev–Trinajstić information content (AvgIpc) is 3.12. The first-order valence-corrected chi connectivity index (χ1v) is 18.2. The second-order valence-electron chi connectivity index (χ2n) is 13.1. The maximum Gasteiger partial charge on any atom is 0.248 e. The highest BCUT2D eigenvalue weighted by atomic mass is 16.3. The number of nitrogens with two attached hydrogens (primary N) is 5. The number of hydrogen-bond acceptors (Lipinski definition) is 8. The zero-order chi connectivity index (χ0) is 40.3. The molecule has 2 unspecified atom stereocenters. The van der Waals surface area contributed by atoms with Crippen molar-refractivity contribution in [2.24, 2.45) is 28.7 Å². The van der Waals surface area contributed by atoms with Crippen LogP contribution in [0.5, 0.6) is 0 Å². The van der Waals surface area contributed by atoms with Crippen molar-refractivity contribution in [1.29, 1.82) is 0 Å². The van der Waals surface area contributed by atoms with Gasteiger partial charge >= 0.3 is 0 Å². The van der Waals surface area contributed by atoms with Gasteiger partial charge in [0.1, 0.15) is 0 Å². The molecule has 0 fully saturated rings. The van der Waals surface area contributed by atoms with Gasteiger partial charge in [-0.05, 0) is 85.7 Å². The summed E-state index contributed by atoms with van der Waals surface area (Å²) in [5.74, 6) is -1.16. The zero-order valence-electron chi connectivity index (χ0n) is 31.7. The highest BCUT2D eigenvalue weighted by Crippen LogP contribution is 2.16. The largest absolute Gasteiger partial charge is 0.392 e. The SMILES string of the molecule is CC(O)CN(Cc1cccc(C(N)=O)c1)CC(C)O.NC(=O)CCc1ccc2ccccc2c1.NC(=O)CCc1ccccc1.NCCCCCC(N)=O. The van der Waals surface area contributed by atoms with Crippen molar-refractivity contribution in [3.05, 3.63) is 119 Å². The van der Waals surface area contributed by atoms with Crippen LogP contribution in [0, 0.1) is 0 Å². The second kappa shape index (κ2) is 27.5. The van der Waals surface area contributed by atoms with Gasteiger partial charge in [-0.3, -0.25) is 24.1 Å². The molecule has 294 valence electrons. The van der Waals surface area contributed by atoms with E-state index in [9.17, 15) is 29.4 Å². The summed E-state index contributed by atoms with van der Waals surface area (Å²) in [6.45, 7) is 5.59. The van der Waals surface area contributed by atoms with Gasteiger partial charge in [0, 0.05) is 44.5 Å². The number of amides is 4. The van der Waals surface area contributed by atoms with Gasteiger partial charge < -0.3 is 38.9 Å². The first-order chi connectivity index (χ1) is 25.7. The molecule has 12 N–H and O–H groups in total. The number of unbranched alkanes of at least 4 members (excludes halogenated alkanes) is 2. The molecule has 4 aromatic rings. The molecule has 4 amide bonds. The predicted octanol–water partition coefficient (Wildman–Crippen LogP) is 3.70. The van der Waals surface area contributed by atoms with Crippen molar-refractivity contribution in [3.8, 4) is 0 Å². The minimum absolute atomic E-state index is 0.216. The van der Waals surface area contributed by atoms with E-state index in [1.165, 1.54) is 10.8 Å². The number of hydrogen-bond donors (Lipinski definition) is 7. The van der Waals surface area contributed by atoms with Gasteiger partial charge in [-0.1, -0.05) is 91.3 Å². The Hall–Kier alpha value is -5.14. The molecule has 0 spiro atoms. The zero-order valence-corrected chi connectivity index (χ0v) is 31.7. The van der Waals surface area contributed by atoms with Crippen molar-refractivity contribution < 1.29 is 29.4 Å². The van der Waals surface area contributed by atoms with Crippen molar-refractivity contribution in [3.63, 3.8) is 0 Å². The molecule has 54 heavy (non-hydrogen) atoms. The predicted molar refractivity (Wildman–Crippen MR) is 216 cm³/mol. The van der Waals surface area contributed by atoms with Gasteiger partial charge in [0.25, 0.3) is 0 Å². The summed E-state index contributed by atoms with van der Waals surface area (Å²) >= 11 is 0. The van der Waals surface area contributed by atoms with Crippen LogP contribution in [0.3, 0.4) is 0 Å². The number of carbonyl (C=O) groups is 4. The number of carbonyl (C=O) groups excluding carboxylic acids is 4. The normalized spacial score (nSPS) is 11.4. The first-order valence-electron chi connectivity index (χ1n) is 18.2. The van der Waals surface area contributed by atoms with E-state index in [0.29, 0.717) is 51.0 Å². The van der Waals surface area contributed by atoms with E-state index < -0.39 is 18.1 Å². The maximum atomic E-state index is 11.1. The Morgan fingerprint density at radius 2 is 1.11 bits per heavy atom. The number of nitrogens with zero attached hydrogens (tertiary/aromatic N) is 1. The van der Waals surface area contributed by atoms with Crippen LogP contribution in [0.15, 0.2) is 97.1 Å². The Kier molecular flexibility index (Phi) is 23.8. The molecule has 0 aliphatic carbocycles. The quantitative estimate of drug-likeness (QED) is 0.0739. The maximum absolute atomic E-state index is 11.1. The summed E-state index contributed by atoms with van der Waals surface area (Å²) < 4.78 is 0. The molecular formula is C42H60N6O6. The molecule has 0 radical (unpaired) electrons. The van der Waals surface area contributed by atoms with Crippen LogP contribution in [0.2, 0.25) is 0 Å². The number of fused-ring (bicyclic) bond motifs is 1. The Labute approximate surface area is 319 Å². The highest BCUT2D eigenvalue weighted by Gasteiger charge is 2.12. The summed E-state index contributed by atoms with van der Waals surface area (Å²) in [7, 11) is 0. The topological polar surface area (TPSA) is 242 Å². The summed E-state index contributed by atoms with van der Waals surface area (Å²) in [5.41, 5.74) is 29.2. The number of aryl methyl sites for hydroxylation is 2. The summed E-state index contributed by atoms with van der Waals surface area (Å²) in [6.07, 6.45) is 4.76. The van der Waals surface area contributed by atoms with Crippen LogP contribution in [-0.4, -0.2) is 70.6 Å². The molecule has 2 atom stereocenters. The molecule has 0 heterocycles. The minimum Gasteiger partial charge on any atom is -0.392 e. The summed E-state index contributed by atoms with van der Waals surface area (Å²) in [5, 5.41) is 21.3. The number of aliphatic hydroxyl groups is 2. The molecule has 0 aromatic heterocycles. The number of primary amides is 4. The molecule has 12 nitrogen and oxygen atoms in total. The molecular weight excluding hydrogens is 684 g/mol. The molecule has 0 aliphatic rings. The third-order valence-electron chi connectivity index (χ3n) is 7.77. The van der Waals surface area contributed by atoms with Crippen molar-refractivity contribution in [2.75, 3.05) is 19.6 Å². The van der Waals surface area contributed by atoms with Gasteiger partial charge in [-0.2, -0.15) is 0 Å². The monoisotopic (exact) mass is 744 g/mol. The number of aliphatic hydroxyl groups excluding tert-OH is 2. The Morgan fingerprint density at radius 1 is 0.574 bits per heavy atom. The minimum atomic E-state index is -0.474. The first kappa shape index (κ1) is 46.9. The van der Waals surface area contributed by atoms with Gasteiger partial charge in [0.05, 0.1) is 12.2 Å². The summed E-state index contributed by atoms with van der Waals surface area (Å²) in [6, 6.07) is 31.3. The third-order valence-corrected chi connectivity index (χ3v) is 7.77. The van der Waals surface area contributed by atoms with Crippen LogP contribution < -0.4 is 28.7 Å². The van der Waals surface area contributed by atoms with Crippen molar-refractivity contribution in [2.45, 2.75) is 84.0 Å². The second-order valence-corrected chi connectivity index (χ2v) is 13.1.